The van der Waals surface area contributed by atoms with Crippen LogP contribution in [0.1, 0.15) is 23.6 Å². The third-order valence-corrected chi connectivity index (χ3v) is 4.44. The molecule has 0 aromatic heterocycles. The van der Waals surface area contributed by atoms with E-state index in [0.29, 0.717) is 17.1 Å². The summed E-state index contributed by atoms with van der Waals surface area (Å²) in [4.78, 5) is 24.2. The Hall–Kier alpha value is -2.33. The van der Waals surface area contributed by atoms with Crippen LogP contribution in [0.2, 0.25) is 5.02 Å². The second-order valence-electron chi connectivity index (χ2n) is 6.43. The maximum atomic E-state index is 12.5. The highest BCUT2D eigenvalue weighted by Gasteiger charge is 2.30. The van der Waals surface area contributed by atoms with Crippen molar-refractivity contribution >= 4 is 29.2 Å². The third kappa shape index (κ3) is 5.33. The van der Waals surface area contributed by atoms with Gasteiger partial charge in [-0.05, 0) is 50.1 Å². The Morgan fingerprint density at radius 2 is 1.64 bits per heavy atom. The largest absolute Gasteiger partial charge is 0.481 e. The Morgan fingerprint density at radius 3 is 2.16 bits per heavy atom. The summed E-state index contributed by atoms with van der Waals surface area (Å²) in [7, 11) is 0. The summed E-state index contributed by atoms with van der Waals surface area (Å²) in [5, 5.41) is 12.9. The zero-order chi connectivity index (χ0) is 18.6. The van der Waals surface area contributed by atoms with Gasteiger partial charge in [-0.2, -0.15) is 0 Å². The van der Waals surface area contributed by atoms with E-state index in [2.05, 4.69) is 5.32 Å². The fourth-order valence-electron chi connectivity index (χ4n) is 2.89. The smallest absolute Gasteiger partial charge is 0.307 e. The maximum absolute atomic E-state index is 12.5. The number of rotatable bonds is 6. The van der Waals surface area contributed by atoms with Crippen LogP contribution in [0.4, 0.5) is 5.69 Å². The standard InChI is InChI=1S/C20H22ClNO3/c1-12-8-13(2)10-15(9-12)11-18(20(24)25)14(3)19(23)22-17-6-4-16(21)5-7-17/h4-10,14,18H,11H2,1-3H3,(H,22,23)(H,24,25)/t14-,18+/m1/s1. The van der Waals surface area contributed by atoms with Crippen molar-refractivity contribution in [2.45, 2.75) is 27.2 Å². The van der Waals surface area contributed by atoms with Gasteiger partial charge < -0.3 is 10.4 Å². The minimum atomic E-state index is -0.974. The van der Waals surface area contributed by atoms with E-state index in [4.69, 9.17) is 11.6 Å². The molecule has 0 unspecified atom stereocenters. The van der Waals surface area contributed by atoms with Crippen molar-refractivity contribution in [1.29, 1.82) is 0 Å². The number of carboxylic acids is 1. The first-order valence-electron chi connectivity index (χ1n) is 8.12. The first kappa shape index (κ1) is 19.0. The molecule has 2 rings (SSSR count). The van der Waals surface area contributed by atoms with Gasteiger partial charge in [0.2, 0.25) is 5.91 Å². The summed E-state index contributed by atoms with van der Waals surface area (Å²) in [6.07, 6.45) is 0.313. The number of carbonyl (C=O) groups is 2. The summed E-state index contributed by atoms with van der Waals surface area (Å²) in [6.45, 7) is 5.60. The van der Waals surface area contributed by atoms with E-state index in [-0.39, 0.29) is 5.91 Å². The first-order chi connectivity index (χ1) is 11.8. The molecule has 0 aliphatic carbocycles. The minimum absolute atomic E-state index is 0.313. The molecule has 0 spiro atoms. The molecule has 4 nitrogen and oxygen atoms in total. The highest BCUT2D eigenvalue weighted by atomic mass is 35.5. The van der Waals surface area contributed by atoms with Crippen LogP contribution in [0.15, 0.2) is 42.5 Å². The number of anilines is 1. The molecule has 132 valence electrons. The van der Waals surface area contributed by atoms with Crippen LogP contribution in [0.25, 0.3) is 0 Å². The number of amides is 1. The van der Waals surface area contributed by atoms with Crippen molar-refractivity contribution in [2.75, 3.05) is 5.32 Å². The fraction of sp³-hybridized carbons (Fsp3) is 0.300. The van der Waals surface area contributed by atoms with Gasteiger partial charge in [0.05, 0.1) is 5.92 Å². The number of halogens is 1. The van der Waals surface area contributed by atoms with E-state index in [1.165, 1.54) is 0 Å². The Balaban J connectivity index is 2.13. The molecule has 0 saturated heterocycles. The topological polar surface area (TPSA) is 66.4 Å². The van der Waals surface area contributed by atoms with Crippen LogP contribution in [0.5, 0.6) is 0 Å². The lowest BCUT2D eigenvalue weighted by Crippen LogP contribution is -2.33. The Kier molecular flexibility index (Phi) is 6.21. The van der Waals surface area contributed by atoms with Gasteiger partial charge in [-0.15, -0.1) is 0 Å². The van der Waals surface area contributed by atoms with Crippen molar-refractivity contribution < 1.29 is 14.7 Å². The second-order valence-corrected chi connectivity index (χ2v) is 6.87. The summed E-state index contributed by atoms with van der Waals surface area (Å²) >= 11 is 5.83. The quantitative estimate of drug-likeness (QED) is 0.799. The lowest BCUT2D eigenvalue weighted by molar-refractivity contribution is -0.145. The highest BCUT2D eigenvalue weighted by molar-refractivity contribution is 6.30. The molecule has 25 heavy (non-hydrogen) atoms. The van der Waals surface area contributed by atoms with Crippen molar-refractivity contribution in [3.8, 4) is 0 Å². The fourth-order valence-corrected chi connectivity index (χ4v) is 3.02. The van der Waals surface area contributed by atoms with E-state index in [9.17, 15) is 14.7 Å². The number of hydrogen-bond acceptors (Lipinski definition) is 2. The van der Waals surface area contributed by atoms with Gasteiger partial charge >= 0.3 is 5.97 Å². The minimum Gasteiger partial charge on any atom is -0.481 e. The summed E-state index contributed by atoms with van der Waals surface area (Å²) in [6, 6.07) is 12.7. The van der Waals surface area contributed by atoms with Crippen molar-refractivity contribution in [2.24, 2.45) is 11.8 Å². The third-order valence-electron chi connectivity index (χ3n) is 4.18. The van der Waals surface area contributed by atoms with Gasteiger partial charge in [-0.3, -0.25) is 9.59 Å². The van der Waals surface area contributed by atoms with Gasteiger partial charge in [-0.25, -0.2) is 0 Å². The second kappa shape index (κ2) is 8.17. The molecule has 0 heterocycles. The average Bonchev–Trinajstić information content (AvgIpc) is 2.53. The van der Waals surface area contributed by atoms with Crippen molar-refractivity contribution in [1.82, 2.24) is 0 Å². The molecule has 1 amide bonds. The van der Waals surface area contributed by atoms with E-state index >= 15 is 0 Å². The van der Waals surface area contributed by atoms with E-state index in [1.807, 2.05) is 32.0 Å². The van der Waals surface area contributed by atoms with Gasteiger partial charge in [0.25, 0.3) is 0 Å². The summed E-state index contributed by atoms with van der Waals surface area (Å²) < 4.78 is 0. The molecule has 0 bridgehead atoms. The van der Waals surface area contributed by atoms with Crippen LogP contribution in [-0.2, 0) is 16.0 Å². The molecule has 0 radical (unpaired) electrons. The predicted octanol–water partition coefficient (Wildman–Crippen LogP) is 4.47. The van der Waals surface area contributed by atoms with Gasteiger partial charge in [0.15, 0.2) is 0 Å². The Morgan fingerprint density at radius 1 is 1.08 bits per heavy atom. The highest BCUT2D eigenvalue weighted by Crippen LogP contribution is 2.22. The SMILES string of the molecule is Cc1cc(C)cc(C[C@H](C(=O)O)[C@@H](C)C(=O)Nc2ccc(Cl)cc2)c1. The number of nitrogens with one attached hydrogen (secondary N) is 1. The molecular weight excluding hydrogens is 338 g/mol. The van der Waals surface area contributed by atoms with Gasteiger partial charge in [0.1, 0.15) is 0 Å². The normalized spacial score (nSPS) is 13.1. The van der Waals surface area contributed by atoms with Crippen LogP contribution in [0.3, 0.4) is 0 Å². The van der Waals surface area contributed by atoms with Crippen LogP contribution < -0.4 is 5.32 Å². The molecule has 0 aliphatic heterocycles. The van der Waals surface area contributed by atoms with Crippen LogP contribution in [0, 0.1) is 25.7 Å². The predicted molar refractivity (Wildman–Crippen MR) is 100.0 cm³/mol. The summed E-state index contributed by atoms with van der Waals surface area (Å²) in [5.74, 6) is -2.76. The number of aryl methyl sites for hydroxylation is 2. The molecule has 2 aromatic carbocycles. The number of aliphatic carboxylic acids is 1. The maximum Gasteiger partial charge on any atom is 0.307 e. The van der Waals surface area contributed by atoms with Crippen molar-refractivity contribution in [3.05, 3.63) is 64.2 Å². The average molecular weight is 360 g/mol. The molecule has 5 heteroatoms. The Labute approximate surface area is 152 Å². The van der Waals surface area contributed by atoms with Crippen molar-refractivity contribution in [3.63, 3.8) is 0 Å². The molecule has 0 saturated carbocycles. The molecular formula is C20H22ClNO3. The molecule has 2 atom stereocenters. The van der Waals surface area contributed by atoms with E-state index in [1.54, 1.807) is 31.2 Å². The molecule has 0 fully saturated rings. The first-order valence-corrected chi connectivity index (χ1v) is 8.50. The molecule has 0 aliphatic rings. The monoisotopic (exact) mass is 359 g/mol. The molecule has 2 N–H and O–H groups in total. The lowest BCUT2D eigenvalue weighted by Gasteiger charge is -2.20. The zero-order valence-electron chi connectivity index (χ0n) is 14.5. The van der Waals surface area contributed by atoms with Crippen LogP contribution >= 0.6 is 11.6 Å². The van der Waals surface area contributed by atoms with Gasteiger partial charge in [-0.1, -0.05) is 47.9 Å². The zero-order valence-corrected chi connectivity index (χ0v) is 15.3. The lowest BCUT2D eigenvalue weighted by atomic mass is 9.86. The van der Waals surface area contributed by atoms with E-state index < -0.39 is 17.8 Å². The number of hydrogen-bond donors (Lipinski definition) is 2. The van der Waals surface area contributed by atoms with Gasteiger partial charge in [0, 0.05) is 16.6 Å². The summed E-state index contributed by atoms with van der Waals surface area (Å²) in [5.41, 5.74) is 3.68. The molecule has 2 aromatic rings. The Bertz CT molecular complexity index is 751. The number of carboxylic acid groups (broad SMARTS) is 1. The number of carbonyl (C=O) groups excluding carboxylic acids is 1. The van der Waals surface area contributed by atoms with E-state index in [0.717, 1.165) is 16.7 Å². The number of benzene rings is 2. The van der Waals surface area contributed by atoms with Crippen LogP contribution in [-0.4, -0.2) is 17.0 Å².